The van der Waals surface area contributed by atoms with Crippen molar-refractivity contribution in [2.75, 3.05) is 21.3 Å². The van der Waals surface area contributed by atoms with Crippen molar-refractivity contribution in [3.8, 4) is 46.2 Å². The molecule has 0 unspecified atom stereocenters. The number of allylic oxidation sites excluding steroid dienone is 1. The van der Waals surface area contributed by atoms with Gasteiger partial charge in [0.2, 0.25) is 17.5 Å². The van der Waals surface area contributed by atoms with Gasteiger partial charge in [-0.1, -0.05) is 12.1 Å². The molecular formula is C24H22N4O6. The molecule has 0 saturated carbocycles. The van der Waals surface area contributed by atoms with Crippen molar-refractivity contribution in [3.63, 3.8) is 0 Å². The molecule has 10 heteroatoms. The summed E-state index contributed by atoms with van der Waals surface area (Å²) in [6, 6.07) is 12.9. The summed E-state index contributed by atoms with van der Waals surface area (Å²) in [6.45, 7) is 1.28. The number of H-pyrrole nitrogens is 1. The van der Waals surface area contributed by atoms with Gasteiger partial charge >= 0.3 is 5.97 Å². The van der Waals surface area contributed by atoms with E-state index in [1.165, 1.54) is 21.1 Å². The van der Waals surface area contributed by atoms with Crippen LogP contribution in [0, 0.1) is 11.3 Å². The van der Waals surface area contributed by atoms with Crippen LogP contribution in [0.1, 0.15) is 24.0 Å². The van der Waals surface area contributed by atoms with Crippen LogP contribution in [0.4, 0.5) is 0 Å². The van der Waals surface area contributed by atoms with Gasteiger partial charge in [-0.05, 0) is 29.8 Å². The number of benzene rings is 2. The molecule has 0 aliphatic carbocycles. The Morgan fingerprint density at radius 3 is 2.44 bits per heavy atom. The number of methoxy groups -OCH3 is 3. The van der Waals surface area contributed by atoms with Crippen molar-refractivity contribution < 1.29 is 28.5 Å². The first kappa shape index (κ1) is 22.5. The largest absolute Gasteiger partial charge is 0.497 e. The van der Waals surface area contributed by atoms with Crippen LogP contribution in [0.5, 0.6) is 28.9 Å². The van der Waals surface area contributed by atoms with Crippen molar-refractivity contribution in [1.82, 2.24) is 10.2 Å². The number of nitrogens with zero attached hydrogens (tertiary/aromatic N) is 2. The first-order valence-corrected chi connectivity index (χ1v) is 10.2. The molecule has 0 radical (unpaired) electrons. The molecule has 3 aromatic rings. The van der Waals surface area contributed by atoms with E-state index in [1.807, 2.05) is 24.3 Å². The first-order valence-electron chi connectivity index (χ1n) is 10.2. The number of carbonyl (C=O) groups excluding carboxylic acids is 1. The van der Waals surface area contributed by atoms with Crippen LogP contribution >= 0.6 is 0 Å². The molecule has 1 aliphatic heterocycles. The molecule has 0 spiro atoms. The summed E-state index contributed by atoms with van der Waals surface area (Å²) >= 11 is 0. The second-order valence-electron chi connectivity index (χ2n) is 7.32. The highest BCUT2D eigenvalue weighted by Crippen LogP contribution is 2.49. The van der Waals surface area contributed by atoms with Crippen molar-refractivity contribution in [2.24, 2.45) is 5.73 Å². The lowest BCUT2D eigenvalue weighted by atomic mass is 9.82. The molecule has 2 aromatic carbocycles. The minimum Gasteiger partial charge on any atom is -0.497 e. The molecule has 1 aliphatic rings. The van der Waals surface area contributed by atoms with E-state index in [2.05, 4.69) is 16.3 Å². The van der Waals surface area contributed by atoms with Crippen molar-refractivity contribution in [1.29, 1.82) is 5.26 Å². The van der Waals surface area contributed by atoms with E-state index in [1.54, 1.807) is 19.2 Å². The third-order valence-electron chi connectivity index (χ3n) is 5.36. The average molecular weight is 462 g/mol. The Hall–Kier alpha value is -4.65. The number of carbonyl (C=O) groups is 1. The maximum absolute atomic E-state index is 11.6. The second-order valence-corrected chi connectivity index (χ2v) is 7.32. The molecule has 2 heterocycles. The Labute approximate surface area is 195 Å². The number of ether oxygens (including phenoxy) is 5. The number of hydrogen-bond acceptors (Lipinski definition) is 9. The molecule has 1 atom stereocenters. The van der Waals surface area contributed by atoms with Crippen molar-refractivity contribution >= 4 is 5.97 Å². The number of aromatic nitrogens is 2. The lowest BCUT2D eigenvalue weighted by Gasteiger charge is -2.25. The fraction of sp³-hybridized carbons (Fsp3) is 0.208. The van der Waals surface area contributed by atoms with Crippen LogP contribution in [0.25, 0.3) is 11.3 Å². The number of nitriles is 1. The van der Waals surface area contributed by atoms with Crippen LogP contribution in [-0.4, -0.2) is 37.5 Å². The van der Waals surface area contributed by atoms with Gasteiger partial charge in [0.1, 0.15) is 17.4 Å². The molecule has 3 N–H and O–H groups in total. The van der Waals surface area contributed by atoms with E-state index in [0.29, 0.717) is 22.6 Å². The lowest BCUT2D eigenvalue weighted by Crippen LogP contribution is -2.21. The second kappa shape index (κ2) is 9.07. The number of aromatic amines is 1. The quantitative estimate of drug-likeness (QED) is 0.417. The highest BCUT2D eigenvalue weighted by atomic mass is 16.6. The summed E-state index contributed by atoms with van der Waals surface area (Å²) in [5.74, 6) is 0.243. The number of nitrogens with one attached hydrogen (secondary N) is 1. The predicted octanol–water partition coefficient (Wildman–Crippen LogP) is 3.25. The van der Waals surface area contributed by atoms with Gasteiger partial charge < -0.3 is 29.4 Å². The fourth-order valence-electron chi connectivity index (χ4n) is 3.89. The van der Waals surface area contributed by atoms with Crippen molar-refractivity contribution in [3.05, 3.63) is 59.0 Å². The van der Waals surface area contributed by atoms with Gasteiger partial charge in [-0.2, -0.15) is 5.26 Å². The fourth-order valence-corrected chi connectivity index (χ4v) is 3.89. The maximum atomic E-state index is 11.6. The van der Waals surface area contributed by atoms with Crippen molar-refractivity contribution in [2.45, 2.75) is 12.8 Å². The Balaban J connectivity index is 1.96. The van der Waals surface area contributed by atoms with Gasteiger partial charge in [-0.25, -0.2) is 0 Å². The molecule has 34 heavy (non-hydrogen) atoms. The SMILES string of the molecule is COc1cccc(-c2[nH]nc3c2[C@H](c2cc(OC)c(OC(C)=O)c(OC)c2)C(C#N)=C(N)O3)c1. The van der Waals surface area contributed by atoms with Crippen LogP contribution in [0.2, 0.25) is 0 Å². The van der Waals surface area contributed by atoms with Gasteiger partial charge in [0.25, 0.3) is 0 Å². The Kier molecular flexibility index (Phi) is 6.01. The third-order valence-corrected chi connectivity index (χ3v) is 5.36. The summed E-state index contributed by atoms with van der Waals surface area (Å²) in [4.78, 5) is 11.6. The monoisotopic (exact) mass is 462 g/mol. The molecule has 0 fully saturated rings. The predicted molar refractivity (Wildman–Crippen MR) is 121 cm³/mol. The highest BCUT2D eigenvalue weighted by molar-refractivity contribution is 5.74. The lowest BCUT2D eigenvalue weighted by molar-refractivity contribution is -0.132. The molecule has 0 saturated heterocycles. The first-order chi connectivity index (χ1) is 16.4. The number of nitrogens with two attached hydrogens (primary N) is 1. The zero-order valence-electron chi connectivity index (χ0n) is 19.0. The van der Waals surface area contributed by atoms with E-state index < -0.39 is 11.9 Å². The Bertz CT molecular complexity index is 1310. The summed E-state index contributed by atoms with van der Waals surface area (Å²) in [6.07, 6.45) is 0. The summed E-state index contributed by atoms with van der Waals surface area (Å²) in [5, 5.41) is 17.2. The van der Waals surface area contributed by atoms with Gasteiger partial charge in [-0.3, -0.25) is 9.89 Å². The smallest absolute Gasteiger partial charge is 0.308 e. The minimum absolute atomic E-state index is 0.0642. The summed E-state index contributed by atoms with van der Waals surface area (Å²) in [5.41, 5.74) is 8.87. The Morgan fingerprint density at radius 1 is 1.15 bits per heavy atom. The topological polar surface area (TPSA) is 142 Å². The molecule has 10 nitrogen and oxygen atoms in total. The van der Waals surface area contributed by atoms with E-state index in [9.17, 15) is 10.1 Å². The van der Waals surface area contributed by atoms with Gasteiger partial charge in [-0.15, -0.1) is 5.10 Å². The number of rotatable bonds is 6. The molecule has 174 valence electrons. The van der Waals surface area contributed by atoms with E-state index in [-0.39, 0.29) is 34.6 Å². The molecular weight excluding hydrogens is 440 g/mol. The van der Waals surface area contributed by atoms with Gasteiger partial charge in [0.05, 0.1) is 38.5 Å². The number of esters is 1. The summed E-state index contributed by atoms with van der Waals surface area (Å²) in [7, 11) is 4.46. The van der Waals surface area contributed by atoms with E-state index >= 15 is 0 Å². The normalized spacial score (nSPS) is 14.5. The number of hydrogen-bond donors (Lipinski definition) is 2. The number of fused-ring (bicyclic) bond motifs is 1. The molecule has 1 aromatic heterocycles. The zero-order valence-corrected chi connectivity index (χ0v) is 19.0. The van der Waals surface area contributed by atoms with Crippen LogP contribution in [0.15, 0.2) is 47.9 Å². The molecule has 0 amide bonds. The molecule has 0 bridgehead atoms. The molecule has 4 rings (SSSR count). The van der Waals surface area contributed by atoms with E-state index in [0.717, 1.165) is 5.56 Å². The zero-order chi connectivity index (χ0) is 24.4. The highest BCUT2D eigenvalue weighted by Gasteiger charge is 2.37. The minimum atomic E-state index is -0.678. The van der Waals surface area contributed by atoms with E-state index in [4.69, 9.17) is 29.4 Å². The average Bonchev–Trinajstić information content (AvgIpc) is 3.26. The van der Waals surface area contributed by atoms with Gasteiger partial charge in [0, 0.05) is 12.5 Å². The Morgan fingerprint density at radius 2 is 1.85 bits per heavy atom. The standard InChI is InChI=1S/C24H22N4O6/c1-12(29)33-22-17(31-3)9-14(10-18(22)32-4)19-16(11-25)23(26)34-24-20(19)21(27-28-24)13-6-5-7-15(8-13)30-2/h5-10,19H,26H2,1-4H3,(H,27,28)/t19-/m1/s1. The van der Waals surface area contributed by atoms with Crippen LogP contribution in [-0.2, 0) is 4.79 Å². The van der Waals surface area contributed by atoms with Gasteiger partial charge in [0.15, 0.2) is 11.5 Å². The van der Waals surface area contributed by atoms with Crippen LogP contribution < -0.4 is 29.4 Å². The summed E-state index contributed by atoms with van der Waals surface area (Å²) < 4.78 is 27.3. The third kappa shape index (κ3) is 3.84. The maximum Gasteiger partial charge on any atom is 0.308 e. The van der Waals surface area contributed by atoms with Crippen LogP contribution in [0.3, 0.4) is 0 Å².